The lowest BCUT2D eigenvalue weighted by atomic mass is 10.1. The van der Waals surface area contributed by atoms with Crippen LogP contribution in [0.3, 0.4) is 0 Å². The van der Waals surface area contributed by atoms with E-state index in [4.69, 9.17) is 10.5 Å². The summed E-state index contributed by atoms with van der Waals surface area (Å²) < 4.78 is 5.02. The lowest BCUT2D eigenvalue weighted by molar-refractivity contribution is 0.0529. The lowest BCUT2D eigenvalue weighted by Crippen LogP contribution is -2.22. The van der Waals surface area contributed by atoms with Crippen molar-refractivity contribution in [1.29, 1.82) is 0 Å². The third-order valence-corrected chi connectivity index (χ3v) is 4.34. The zero-order valence-electron chi connectivity index (χ0n) is 12.6. The van der Waals surface area contributed by atoms with Gasteiger partial charge in [0.1, 0.15) is 10.6 Å². The molecule has 0 aromatic carbocycles. The highest BCUT2D eigenvalue weighted by atomic mass is 32.1. The van der Waals surface area contributed by atoms with Crippen LogP contribution in [0.1, 0.15) is 54.6 Å². The molecule has 0 spiro atoms. The van der Waals surface area contributed by atoms with Gasteiger partial charge >= 0.3 is 5.97 Å². The van der Waals surface area contributed by atoms with Gasteiger partial charge in [-0.15, -0.1) is 11.3 Å². The Labute approximate surface area is 123 Å². The SMILES string of the molecule is CCOC(=O)c1c(NC(C)C(C)C)sc(C(C)=O)c1N. The Bertz CT molecular complexity index is 509. The predicted octanol–water partition coefficient (Wildman–Crippen LogP) is 3.17. The molecule has 0 saturated carbocycles. The number of rotatable bonds is 6. The zero-order chi connectivity index (χ0) is 15.4. The fraction of sp³-hybridized carbons (Fsp3) is 0.571. The number of nitrogens with one attached hydrogen (secondary N) is 1. The predicted molar refractivity (Wildman–Crippen MR) is 82.6 cm³/mol. The van der Waals surface area contributed by atoms with Crippen molar-refractivity contribution in [2.24, 2.45) is 5.92 Å². The number of hydrogen-bond acceptors (Lipinski definition) is 6. The van der Waals surface area contributed by atoms with Crippen molar-refractivity contribution >= 4 is 33.8 Å². The highest BCUT2D eigenvalue weighted by Gasteiger charge is 2.26. The fourth-order valence-corrected chi connectivity index (χ4v) is 2.69. The van der Waals surface area contributed by atoms with Crippen molar-refractivity contribution in [1.82, 2.24) is 0 Å². The van der Waals surface area contributed by atoms with Crippen LogP contribution in [-0.4, -0.2) is 24.4 Å². The van der Waals surface area contributed by atoms with Crippen molar-refractivity contribution < 1.29 is 14.3 Å². The molecular formula is C14H22N2O3S. The first-order chi connectivity index (χ1) is 9.29. The molecule has 1 heterocycles. The summed E-state index contributed by atoms with van der Waals surface area (Å²) in [5.41, 5.74) is 6.42. The Balaban J connectivity index is 3.23. The van der Waals surface area contributed by atoms with Crippen LogP contribution >= 0.6 is 11.3 Å². The summed E-state index contributed by atoms with van der Waals surface area (Å²) >= 11 is 1.21. The van der Waals surface area contributed by atoms with Gasteiger partial charge in [0.25, 0.3) is 0 Å². The molecule has 0 amide bonds. The Morgan fingerprint density at radius 2 is 1.95 bits per heavy atom. The van der Waals surface area contributed by atoms with E-state index in [1.807, 2.05) is 6.92 Å². The van der Waals surface area contributed by atoms with Gasteiger partial charge in [-0.1, -0.05) is 13.8 Å². The maximum atomic E-state index is 12.0. The molecule has 0 fully saturated rings. The van der Waals surface area contributed by atoms with Crippen LogP contribution in [0.25, 0.3) is 0 Å². The van der Waals surface area contributed by atoms with Gasteiger partial charge in [0, 0.05) is 13.0 Å². The Kier molecular flexibility index (Phi) is 5.56. The van der Waals surface area contributed by atoms with Crippen LogP contribution in [0.2, 0.25) is 0 Å². The maximum Gasteiger partial charge on any atom is 0.343 e. The first-order valence-electron chi connectivity index (χ1n) is 6.66. The second-order valence-electron chi connectivity index (χ2n) is 5.00. The molecule has 3 N–H and O–H groups in total. The third-order valence-electron chi connectivity index (χ3n) is 3.10. The van der Waals surface area contributed by atoms with Crippen molar-refractivity contribution in [3.8, 4) is 0 Å². The van der Waals surface area contributed by atoms with Crippen molar-refractivity contribution in [3.05, 3.63) is 10.4 Å². The van der Waals surface area contributed by atoms with E-state index >= 15 is 0 Å². The van der Waals surface area contributed by atoms with Gasteiger partial charge in [0.05, 0.1) is 17.2 Å². The van der Waals surface area contributed by atoms with Gasteiger partial charge in [0.15, 0.2) is 5.78 Å². The number of Topliss-reactive ketones (excluding diaryl/α,β-unsaturated/α-hetero) is 1. The Morgan fingerprint density at radius 1 is 1.35 bits per heavy atom. The maximum absolute atomic E-state index is 12.0. The quantitative estimate of drug-likeness (QED) is 0.622. The summed E-state index contributed by atoms with van der Waals surface area (Å²) in [4.78, 5) is 24.0. The molecule has 1 aromatic rings. The number of ketones is 1. The molecule has 1 unspecified atom stereocenters. The molecule has 0 saturated heterocycles. The van der Waals surface area contributed by atoms with E-state index in [1.165, 1.54) is 18.3 Å². The van der Waals surface area contributed by atoms with Crippen molar-refractivity contribution in [2.45, 2.75) is 40.7 Å². The highest BCUT2D eigenvalue weighted by molar-refractivity contribution is 7.19. The molecule has 5 nitrogen and oxygen atoms in total. The topological polar surface area (TPSA) is 81.4 Å². The van der Waals surface area contributed by atoms with Crippen molar-refractivity contribution in [3.63, 3.8) is 0 Å². The summed E-state index contributed by atoms with van der Waals surface area (Å²) in [6, 6.07) is 0.154. The van der Waals surface area contributed by atoms with Crippen LogP contribution < -0.4 is 11.1 Å². The number of carbonyl (C=O) groups excluding carboxylic acids is 2. The van der Waals surface area contributed by atoms with Gasteiger partial charge in [-0.05, 0) is 19.8 Å². The molecule has 0 aliphatic carbocycles. The molecule has 1 rings (SSSR count). The molecule has 0 aliphatic heterocycles. The molecule has 6 heteroatoms. The van der Waals surface area contributed by atoms with E-state index in [0.717, 1.165) is 0 Å². The minimum absolute atomic E-state index is 0.150. The Morgan fingerprint density at radius 3 is 2.40 bits per heavy atom. The zero-order valence-corrected chi connectivity index (χ0v) is 13.4. The molecule has 0 aliphatic rings. The molecule has 1 aromatic heterocycles. The van der Waals surface area contributed by atoms with Gasteiger partial charge in [-0.2, -0.15) is 0 Å². The molecule has 0 radical (unpaired) electrons. The number of nitrogens with two attached hydrogens (primary N) is 1. The average Bonchev–Trinajstić information content (AvgIpc) is 2.66. The van der Waals surface area contributed by atoms with Crippen LogP contribution in [-0.2, 0) is 4.74 Å². The second-order valence-corrected chi connectivity index (χ2v) is 6.02. The van der Waals surface area contributed by atoms with Gasteiger partial charge in [-0.3, -0.25) is 4.79 Å². The number of anilines is 2. The normalized spacial score (nSPS) is 12.3. The number of hydrogen-bond donors (Lipinski definition) is 2. The standard InChI is InChI=1S/C14H22N2O3S/c1-6-19-14(18)10-11(15)12(9(5)17)20-13(10)16-8(4)7(2)3/h7-8,16H,6,15H2,1-5H3. The van der Waals surface area contributed by atoms with Gasteiger partial charge < -0.3 is 15.8 Å². The number of ether oxygens (including phenoxy) is 1. The van der Waals surface area contributed by atoms with Crippen molar-refractivity contribution in [2.75, 3.05) is 17.7 Å². The van der Waals surface area contributed by atoms with Crippen LogP contribution in [0.15, 0.2) is 0 Å². The number of esters is 1. The highest BCUT2D eigenvalue weighted by Crippen LogP contribution is 2.37. The minimum atomic E-state index is -0.493. The second kappa shape index (κ2) is 6.74. The molecule has 1 atom stereocenters. The molecule has 112 valence electrons. The number of carbonyl (C=O) groups is 2. The van der Waals surface area contributed by atoms with E-state index in [2.05, 4.69) is 19.2 Å². The minimum Gasteiger partial charge on any atom is -0.462 e. The third kappa shape index (κ3) is 3.50. The first-order valence-corrected chi connectivity index (χ1v) is 7.48. The first kappa shape index (κ1) is 16.5. The summed E-state index contributed by atoms with van der Waals surface area (Å²) in [5.74, 6) is -0.260. The lowest BCUT2D eigenvalue weighted by Gasteiger charge is -2.18. The summed E-state index contributed by atoms with van der Waals surface area (Å²) in [5, 5.41) is 3.85. The molecular weight excluding hydrogens is 276 g/mol. The van der Waals surface area contributed by atoms with E-state index in [-0.39, 0.29) is 29.7 Å². The van der Waals surface area contributed by atoms with E-state index < -0.39 is 5.97 Å². The largest absolute Gasteiger partial charge is 0.462 e. The summed E-state index contributed by atoms with van der Waals surface area (Å²) in [7, 11) is 0. The van der Waals surface area contributed by atoms with E-state index in [0.29, 0.717) is 15.8 Å². The number of thiophene rings is 1. The number of nitrogen functional groups attached to an aromatic ring is 1. The monoisotopic (exact) mass is 298 g/mol. The van der Waals surface area contributed by atoms with Crippen LogP contribution in [0, 0.1) is 5.92 Å². The summed E-state index contributed by atoms with van der Waals surface area (Å²) in [6.45, 7) is 9.60. The Hall–Kier alpha value is -1.56. The van der Waals surface area contributed by atoms with Gasteiger partial charge in [-0.25, -0.2) is 4.79 Å². The fourth-order valence-electron chi connectivity index (χ4n) is 1.59. The molecule has 0 bridgehead atoms. The van der Waals surface area contributed by atoms with Crippen LogP contribution in [0.5, 0.6) is 0 Å². The smallest absolute Gasteiger partial charge is 0.343 e. The van der Waals surface area contributed by atoms with Gasteiger partial charge in [0.2, 0.25) is 0 Å². The van der Waals surface area contributed by atoms with E-state index in [9.17, 15) is 9.59 Å². The average molecular weight is 298 g/mol. The molecule has 20 heavy (non-hydrogen) atoms. The summed E-state index contributed by atoms with van der Waals surface area (Å²) in [6.07, 6.45) is 0. The van der Waals surface area contributed by atoms with E-state index in [1.54, 1.807) is 6.92 Å². The van der Waals surface area contributed by atoms with Crippen LogP contribution in [0.4, 0.5) is 10.7 Å².